The summed E-state index contributed by atoms with van der Waals surface area (Å²) in [6, 6.07) is 61.6. The maximum Gasteiger partial charge on any atom is 0.170 e. The Kier molecular flexibility index (Phi) is 6.63. The highest BCUT2D eigenvalue weighted by Gasteiger charge is 2.25. The van der Waals surface area contributed by atoms with Crippen LogP contribution < -0.4 is 5.32 Å². The molecule has 1 aliphatic rings. The highest BCUT2D eigenvalue weighted by molar-refractivity contribution is 6.22. The SMILES string of the molecule is c1ccc2cc(C3=NC(c4cccc5oc6cc(-c7cc8ccccc8c8oc9ccccc9c78)ccc6c45)N=C(c4ccc5ccccc5c4)N3)ccc2c1. The van der Waals surface area contributed by atoms with Gasteiger partial charge >= 0.3 is 0 Å². The molecule has 0 amide bonds. The van der Waals surface area contributed by atoms with Gasteiger partial charge in [-0.3, -0.25) is 0 Å². The molecular formula is C51H31N3O2. The van der Waals surface area contributed by atoms with E-state index < -0.39 is 6.17 Å². The standard InChI is InChI=1S/C51H31N3O2/c1-3-12-32-26-36(22-20-30(32)10-1)49-52-50(37-23-21-31-11-2-4-13-33(31)27-37)54-51(53-49)41-17-9-19-44-46(41)40-25-24-35(29-45(40)55-44)42-28-34-14-5-6-15-38(34)48-47(42)39-16-7-8-18-43(39)56-48/h1-29,51H,(H,52,53,54). The average molecular weight is 718 g/mol. The van der Waals surface area contributed by atoms with Gasteiger partial charge in [-0.2, -0.15) is 0 Å². The van der Waals surface area contributed by atoms with Crippen molar-refractivity contribution in [2.45, 2.75) is 6.17 Å². The van der Waals surface area contributed by atoms with E-state index in [2.05, 4.69) is 157 Å². The third-order valence-corrected chi connectivity index (χ3v) is 11.3. The molecule has 0 radical (unpaired) electrons. The van der Waals surface area contributed by atoms with Crippen LogP contribution in [0.2, 0.25) is 0 Å². The molecule has 0 aliphatic carbocycles. The number of furan rings is 2. The molecule has 12 rings (SSSR count). The Morgan fingerprint density at radius 2 is 0.982 bits per heavy atom. The molecular weight excluding hydrogens is 687 g/mol. The first-order valence-corrected chi connectivity index (χ1v) is 18.9. The molecule has 0 fully saturated rings. The van der Waals surface area contributed by atoms with Gasteiger partial charge in [0, 0.05) is 43.6 Å². The van der Waals surface area contributed by atoms with Crippen molar-refractivity contribution < 1.29 is 8.83 Å². The van der Waals surface area contributed by atoms with Gasteiger partial charge in [-0.15, -0.1) is 0 Å². The van der Waals surface area contributed by atoms with E-state index in [0.717, 1.165) is 105 Å². The number of benzene rings is 9. The van der Waals surface area contributed by atoms with Crippen molar-refractivity contribution in [2.75, 3.05) is 0 Å². The highest BCUT2D eigenvalue weighted by Crippen LogP contribution is 2.43. The Morgan fingerprint density at radius 1 is 0.393 bits per heavy atom. The maximum absolute atomic E-state index is 6.70. The molecule has 0 saturated carbocycles. The fourth-order valence-electron chi connectivity index (χ4n) is 8.58. The Morgan fingerprint density at radius 3 is 1.71 bits per heavy atom. The van der Waals surface area contributed by atoms with Gasteiger partial charge in [-0.1, -0.05) is 133 Å². The molecule has 262 valence electrons. The Labute approximate surface area is 320 Å². The lowest BCUT2D eigenvalue weighted by Gasteiger charge is -2.23. The van der Waals surface area contributed by atoms with E-state index in [1.54, 1.807) is 0 Å². The van der Waals surface area contributed by atoms with Gasteiger partial charge in [-0.05, 0) is 80.5 Å². The van der Waals surface area contributed by atoms with E-state index >= 15 is 0 Å². The maximum atomic E-state index is 6.70. The van der Waals surface area contributed by atoms with Crippen LogP contribution in [0.5, 0.6) is 0 Å². The van der Waals surface area contributed by atoms with Gasteiger partial charge in [0.2, 0.25) is 0 Å². The van der Waals surface area contributed by atoms with Crippen LogP contribution in [0.15, 0.2) is 195 Å². The second kappa shape index (κ2) is 12.0. The van der Waals surface area contributed by atoms with Gasteiger partial charge in [0.25, 0.3) is 0 Å². The first-order chi connectivity index (χ1) is 27.7. The van der Waals surface area contributed by atoms with Crippen molar-refractivity contribution in [1.82, 2.24) is 5.32 Å². The minimum Gasteiger partial charge on any atom is -0.456 e. The number of fused-ring (bicyclic) bond motifs is 10. The molecule has 0 saturated heterocycles. The summed E-state index contributed by atoms with van der Waals surface area (Å²) in [6.45, 7) is 0. The molecule has 5 heteroatoms. The number of rotatable bonds is 4. The Balaban J connectivity index is 1.04. The number of nitrogens with zero attached hydrogens (tertiary/aromatic N) is 2. The molecule has 56 heavy (non-hydrogen) atoms. The molecule has 9 aromatic carbocycles. The van der Waals surface area contributed by atoms with Crippen LogP contribution in [0.3, 0.4) is 0 Å². The quantitative estimate of drug-likeness (QED) is 0.197. The minimum atomic E-state index is -0.513. The molecule has 2 aromatic heterocycles. The van der Waals surface area contributed by atoms with Crippen molar-refractivity contribution in [3.8, 4) is 11.1 Å². The van der Waals surface area contributed by atoms with Gasteiger partial charge < -0.3 is 14.2 Å². The van der Waals surface area contributed by atoms with Gasteiger partial charge in [0.05, 0.1) is 0 Å². The molecule has 5 nitrogen and oxygen atoms in total. The van der Waals surface area contributed by atoms with E-state index in [0.29, 0.717) is 0 Å². The summed E-state index contributed by atoms with van der Waals surface area (Å²) in [5.41, 5.74) is 8.56. The van der Waals surface area contributed by atoms with Gasteiger partial charge in [0.15, 0.2) is 6.17 Å². The van der Waals surface area contributed by atoms with E-state index in [1.807, 2.05) is 24.3 Å². The van der Waals surface area contributed by atoms with Crippen LogP contribution in [0.25, 0.3) is 87.3 Å². The average Bonchev–Trinajstić information content (AvgIpc) is 3.84. The summed E-state index contributed by atoms with van der Waals surface area (Å²) in [4.78, 5) is 10.6. The highest BCUT2D eigenvalue weighted by atomic mass is 16.3. The number of amidine groups is 2. The summed E-state index contributed by atoms with van der Waals surface area (Å²) >= 11 is 0. The topological polar surface area (TPSA) is 63.0 Å². The predicted octanol–water partition coefficient (Wildman–Crippen LogP) is 13.1. The number of aliphatic imine (C=N–C) groups is 2. The fourth-order valence-corrected chi connectivity index (χ4v) is 8.58. The van der Waals surface area contributed by atoms with Crippen molar-refractivity contribution in [3.63, 3.8) is 0 Å². The third kappa shape index (κ3) is 4.81. The lowest BCUT2D eigenvalue weighted by Crippen LogP contribution is -2.36. The zero-order valence-electron chi connectivity index (χ0n) is 30.0. The number of nitrogens with one attached hydrogen (secondary N) is 1. The zero-order valence-corrected chi connectivity index (χ0v) is 30.0. The Hall–Kier alpha value is -7.50. The first kappa shape index (κ1) is 30.9. The summed E-state index contributed by atoms with van der Waals surface area (Å²) in [5, 5.41) is 14.8. The normalized spacial score (nSPS) is 13.6. The van der Waals surface area contributed by atoms with Crippen LogP contribution in [0, 0.1) is 0 Å². The summed E-state index contributed by atoms with van der Waals surface area (Å²) in [7, 11) is 0. The van der Waals surface area contributed by atoms with Crippen molar-refractivity contribution in [2.24, 2.45) is 9.98 Å². The van der Waals surface area contributed by atoms with E-state index in [4.69, 9.17) is 18.8 Å². The number of para-hydroxylation sites is 1. The van der Waals surface area contributed by atoms with Crippen LogP contribution >= 0.6 is 0 Å². The monoisotopic (exact) mass is 717 g/mol. The van der Waals surface area contributed by atoms with E-state index in [1.165, 1.54) is 10.8 Å². The molecule has 0 bridgehead atoms. The largest absolute Gasteiger partial charge is 0.456 e. The van der Waals surface area contributed by atoms with Crippen LogP contribution in [-0.4, -0.2) is 11.7 Å². The summed E-state index contributed by atoms with van der Waals surface area (Å²) in [6.07, 6.45) is -0.513. The molecule has 0 atom stereocenters. The molecule has 1 N–H and O–H groups in total. The third-order valence-electron chi connectivity index (χ3n) is 11.3. The molecule has 0 spiro atoms. The fraction of sp³-hybridized carbons (Fsp3) is 0.0196. The smallest absolute Gasteiger partial charge is 0.170 e. The lowest BCUT2D eigenvalue weighted by molar-refractivity contribution is 0.667. The van der Waals surface area contributed by atoms with Crippen LogP contribution in [0.1, 0.15) is 22.9 Å². The number of hydrogen-bond acceptors (Lipinski definition) is 5. The second-order valence-electron chi connectivity index (χ2n) is 14.6. The summed E-state index contributed by atoms with van der Waals surface area (Å²) in [5.74, 6) is 1.55. The van der Waals surface area contributed by atoms with Gasteiger partial charge in [0.1, 0.15) is 34.0 Å². The molecule has 1 aliphatic heterocycles. The number of hydrogen-bond donors (Lipinski definition) is 1. The molecule has 3 heterocycles. The lowest BCUT2D eigenvalue weighted by atomic mass is 9.94. The van der Waals surface area contributed by atoms with Crippen LogP contribution in [-0.2, 0) is 0 Å². The van der Waals surface area contributed by atoms with Crippen molar-refractivity contribution >= 4 is 87.9 Å². The molecule has 0 unspecified atom stereocenters. The second-order valence-corrected chi connectivity index (χ2v) is 14.6. The molecule has 11 aromatic rings. The van der Waals surface area contributed by atoms with Crippen molar-refractivity contribution in [1.29, 1.82) is 0 Å². The predicted molar refractivity (Wildman–Crippen MR) is 231 cm³/mol. The van der Waals surface area contributed by atoms with E-state index in [-0.39, 0.29) is 0 Å². The zero-order chi connectivity index (χ0) is 36.7. The van der Waals surface area contributed by atoms with E-state index in [9.17, 15) is 0 Å². The Bertz CT molecular complexity index is 3380. The first-order valence-electron chi connectivity index (χ1n) is 18.9. The van der Waals surface area contributed by atoms with Crippen molar-refractivity contribution in [3.05, 3.63) is 193 Å². The van der Waals surface area contributed by atoms with Crippen LogP contribution in [0.4, 0.5) is 0 Å². The minimum absolute atomic E-state index is 0.513. The summed E-state index contributed by atoms with van der Waals surface area (Å²) < 4.78 is 13.2. The van der Waals surface area contributed by atoms with Gasteiger partial charge in [-0.25, -0.2) is 9.98 Å².